The highest BCUT2D eigenvalue weighted by atomic mass is 16.2. The van der Waals surface area contributed by atoms with E-state index in [2.05, 4.69) is 10.6 Å². The van der Waals surface area contributed by atoms with Crippen molar-refractivity contribution in [2.75, 3.05) is 20.1 Å². The molecule has 1 aliphatic heterocycles. The SMILES string of the molecule is CNC(=O)NC1CN(C(=O)[C@H]2C[C@@H]2C2CC2)C1. The fourth-order valence-electron chi connectivity index (χ4n) is 2.79. The third-order valence-corrected chi connectivity index (χ3v) is 4.14. The molecule has 2 N–H and O–H groups in total. The van der Waals surface area contributed by atoms with Crippen molar-refractivity contribution in [3.05, 3.63) is 0 Å². The number of hydrogen-bond acceptors (Lipinski definition) is 2. The number of rotatable bonds is 3. The molecule has 94 valence electrons. The van der Waals surface area contributed by atoms with E-state index in [0.29, 0.717) is 30.8 Å². The first kappa shape index (κ1) is 10.9. The van der Waals surface area contributed by atoms with Crippen LogP contribution >= 0.6 is 0 Å². The Balaban J connectivity index is 1.40. The third-order valence-electron chi connectivity index (χ3n) is 4.14. The molecule has 3 rings (SSSR count). The van der Waals surface area contributed by atoms with Crippen LogP contribution in [0.15, 0.2) is 0 Å². The van der Waals surface area contributed by atoms with Crippen LogP contribution in [-0.2, 0) is 4.79 Å². The summed E-state index contributed by atoms with van der Waals surface area (Å²) in [7, 11) is 1.60. The highest BCUT2D eigenvalue weighted by Crippen LogP contribution is 2.55. The molecular weight excluding hydrogens is 218 g/mol. The molecule has 5 nitrogen and oxygen atoms in total. The van der Waals surface area contributed by atoms with E-state index in [4.69, 9.17) is 0 Å². The maximum Gasteiger partial charge on any atom is 0.314 e. The molecule has 0 spiro atoms. The van der Waals surface area contributed by atoms with Crippen LogP contribution in [-0.4, -0.2) is 43.0 Å². The van der Waals surface area contributed by atoms with Crippen molar-refractivity contribution in [1.82, 2.24) is 15.5 Å². The monoisotopic (exact) mass is 237 g/mol. The Kier molecular flexibility index (Phi) is 2.49. The Morgan fingerprint density at radius 2 is 1.94 bits per heavy atom. The van der Waals surface area contributed by atoms with E-state index in [9.17, 15) is 9.59 Å². The van der Waals surface area contributed by atoms with E-state index < -0.39 is 0 Å². The molecular formula is C12H19N3O2. The normalized spacial score (nSPS) is 31.7. The lowest BCUT2D eigenvalue weighted by molar-refractivity contribution is -0.137. The van der Waals surface area contributed by atoms with Crippen LogP contribution in [0.1, 0.15) is 19.3 Å². The lowest BCUT2D eigenvalue weighted by Gasteiger charge is -2.39. The number of hydrogen-bond donors (Lipinski definition) is 2. The standard InChI is InChI=1S/C12H19N3O2/c1-13-12(17)14-8-5-15(6-8)11(16)10-4-9(10)7-2-3-7/h7-10H,2-6H2,1H3,(H2,13,14,17)/t9-,10+/m1/s1. The first-order chi connectivity index (χ1) is 8.19. The molecule has 3 aliphatic rings. The zero-order valence-corrected chi connectivity index (χ0v) is 10.1. The molecule has 0 radical (unpaired) electrons. The molecule has 1 saturated heterocycles. The Hall–Kier alpha value is -1.26. The maximum absolute atomic E-state index is 12.0. The summed E-state index contributed by atoms with van der Waals surface area (Å²) < 4.78 is 0. The third kappa shape index (κ3) is 2.10. The van der Waals surface area contributed by atoms with Gasteiger partial charge in [0.25, 0.3) is 0 Å². The summed E-state index contributed by atoms with van der Waals surface area (Å²) in [5.74, 6) is 2.17. The van der Waals surface area contributed by atoms with Gasteiger partial charge in [-0.2, -0.15) is 0 Å². The second-order valence-electron chi connectivity index (χ2n) is 5.51. The van der Waals surface area contributed by atoms with E-state index in [-0.39, 0.29) is 12.1 Å². The van der Waals surface area contributed by atoms with Crippen molar-refractivity contribution < 1.29 is 9.59 Å². The zero-order chi connectivity index (χ0) is 12.0. The van der Waals surface area contributed by atoms with Crippen LogP contribution in [0.3, 0.4) is 0 Å². The highest BCUT2D eigenvalue weighted by Gasteiger charge is 2.53. The van der Waals surface area contributed by atoms with E-state index in [1.54, 1.807) is 7.05 Å². The van der Waals surface area contributed by atoms with Crippen molar-refractivity contribution in [3.63, 3.8) is 0 Å². The molecule has 3 fully saturated rings. The fourth-order valence-corrected chi connectivity index (χ4v) is 2.79. The Bertz CT molecular complexity index is 348. The highest BCUT2D eigenvalue weighted by molar-refractivity contribution is 5.83. The van der Waals surface area contributed by atoms with E-state index in [1.165, 1.54) is 12.8 Å². The summed E-state index contributed by atoms with van der Waals surface area (Å²) >= 11 is 0. The van der Waals surface area contributed by atoms with Gasteiger partial charge < -0.3 is 15.5 Å². The summed E-state index contributed by atoms with van der Waals surface area (Å²) in [6.07, 6.45) is 3.76. The maximum atomic E-state index is 12.0. The predicted molar refractivity (Wildman–Crippen MR) is 62.3 cm³/mol. The summed E-state index contributed by atoms with van der Waals surface area (Å²) in [6.45, 7) is 1.36. The van der Waals surface area contributed by atoms with E-state index >= 15 is 0 Å². The number of urea groups is 1. The minimum absolute atomic E-state index is 0.136. The number of nitrogens with one attached hydrogen (secondary N) is 2. The van der Waals surface area contributed by atoms with Crippen LogP contribution in [0.5, 0.6) is 0 Å². The number of carbonyl (C=O) groups is 2. The van der Waals surface area contributed by atoms with Gasteiger partial charge in [-0.05, 0) is 31.1 Å². The average Bonchev–Trinajstić information content (AvgIpc) is 3.12. The van der Waals surface area contributed by atoms with Crippen LogP contribution in [0.4, 0.5) is 4.79 Å². The first-order valence-electron chi connectivity index (χ1n) is 6.46. The summed E-state index contributed by atoms with van der Waals surface area (Å²) in [5, 5.41) is 5.33. The van der Waals surface area contributed by atoms with Crippen molar-refractivity contribution in [1.29, 1.82) is 0 Å². The summed E-state index contributed by atoms with van der Waals surface area (Å²) in [6, 6.07) is -0.0265. The minimum atomic E-state index is -0.163. The Morgan fingerprint density at radius 3 is 2.53 bits per heavy atom. The van der Waals surface area contributed by atoms with Gasteiger partial charge in [-0.1, -0.05) is 0 Å². The summed E-state index contributed by atoms with van der Waals surface area (Å²) in [5.41, 5.74) is 0. The lowest BCUT2D eigenvalue weighted by Crippen LogP contribution is -2.62. The molecule has 0 aromatic heterocycles. The van der Waals surface area contributed by atoms with Gasteiger partial charge >= 0.3 is 6.03 Å². The number of likely N-dealkylation sites (tertiary alicyclic amines) is 1. The van der Waals surface area contributed by atoms with E-state index in [0.717, 1.165) is 12.3 Å². The van der Waals surface area contributed by atoms with Crippen LogP contribution < -0.4 is 10.6 Å². The van der Waals surface area contributed by atoms with Crippen molar-refractivity contribution in [3.8, 4) is 0 Å². The van der Waals surface area contributed by atoms with Gasteiger partial charge in [0.05, 0.1) is 6.04 Å². The molecule has 0 unspecified atom stereocenters. The largest absolute Gasteiger partial charge is 0.341 e. The second kappa shape index (κ2) is 3.89. The first-order valence-corrected chi connectivity index (χ1v) is 6.46. The Labute approximate surface area is 101 Å². The molecule has 2 aliphatic carbocycles. The number of nitrogens with zero attached hydrogens (tertiary/aromatic N) is 1. The number of amides is 3. The van der Waals surface area contributed by atoms with Gasteiger partial charge in [-0.15, -0.1) is 0 Å². The van der Waals surface area contributed by atoms with Crippen molar-refractivity contribution in [2.24, 2.45) is 17.8 Å². The molecule has 0 bridgehead atoms. The zero-order valence-electron chi connectivity index (χ0n) is 10.1. The molecule has 3 amide bonds. The molecule has 0 aromatic carbocycles. The molecule has 5 heteroatoms. The van der Waals surface area contributed by atoms with Crippen molar-refractivity contribution >= 4 is 11.9 Å². The molecule has 0 aromatic rings. The fraction of sp³-hybridized carbons (Fsp3) is 0.833. The quantitative estimate of drug-likeness (QED) is 0.735. The summed E-state index contributed by atoms with van der Waals surface area (Å²) in [4.78, 5) is 25.0. The van der Waals surface area contributed by atoms with Gasteiger partial charge in [0, 0.05) is 26.1 Å². The lowest BCUT2D eigenvalue weighted by atomic mass is 10.1. The molecule has 17 heavy (non-hydrogen) atoms. The second-order valence-corrected chi connectivity index (χ2v) is 5.51. The molecule has 2 atom stereocenters. The van der Waals surface area contributed by atoms with Crippen LogP contribution in [0.2, 0.25) is 0 Å². The Morgan fingerprint density at radius 1 is 1.24 bits per heavy atom. The topological polar surface area (TPSA) is 61.4 Å². The minimum Gasteiger partial charge on any atom is -0.341 e. The average molecular weight is 237 g/mol. The number of carbonyl (C=O) groups excluding carboxylic acids is 2. The van der Waals surface area contributed by atoms with Gasteiger partial charge in [-0.3, -0.25) is 4.79 Å². The smallest absolute Gasteiger partial charge is 0.314 e. The predicted octanol–water partition coefficient (Wildman–Crippen LogP) is 0.172. The van der Waals surface area contributed by atoms with Crippen molar-refractivity contribution in [2.45, 2.75) is 25.3 Å². The molecule has 1 heterocycles. The van der Waals surface area contributed by atoms with E-state index in [1.807, 2.05) is 4.90 Å². The van der Waals surface area contributed by atoms with Gasteiger partial charge in [-0.25, -0.2) is 4.79 Å². The van der Waals surface area contributed by atoms with Gasteiger partial charge in [0.15, 0.2) is 0 Å². The van der Waals surface area contributed by atoms with Gasteiger partial charge in [0.1, 0.15) is 0 Å². The van der Waals surface area contributed by atoms with Crippen LogP contribution in [0.25, 0.3) is 0 Å². The molecule has 2 saturated carbocycles. The van der Waals surface area contributed by atoms with Crippen LogP contribution in [0, 0.1) is 17.8 Å². The van der Waals surface area contributed by atoms with Gasteiger partial charge in [0.2, 0.25) is 5.91 Å².